The van der Waals surface area contributed by atoms with Gasteiger partial charge >= 0.3 is 0 Å². The average molecular weight is 307 g/mol. The summed E-state index contributed by atoms with van der Waals surface area (Å²) in [6, 6.07) is 1.67. The molecule has 1 rings (SSSR count). The van der Waals surface area contributed by atoms with E-state index in [-0.39, 0.29) is 12.6 Å². The summed E-state index contributed by atoms with van der Waals surface area (Å²) in [7, 11) is -2.81. The number of methoxy groups -OCH3 is 1. The number of rotatable bonds is 6. The summed E-state index contributed by atoms with van der Waals surface area (Å²) < 4.78 is 54.9. The highest BCUT2D eigenvalue weighted by Gasteiger charge is 2.24. The van der Waals surface area contributed by atoms with Crippen molar-refractivity contribution in [1.82, 2.24) is 5.32 Å². The lowest BCUT2D eigenvalue weighted by Crippen LogP contribution is -2.39. The number of amides is 1. The molecule has 20 heavy (non-hydrogen) atoms. The first kappa shape index (κ1) is 16.5. The predicted octanol–water partition coefficient (Wildman–Crippen LogP) is 0.890. The molecule has 1 aromatic carbocycles. The van der Waals surface area contributed by atoms with Gasteiger partial charge in [0.25, 0.3) is 0 Å². The Hall–Kier alpha value is -1.54. The van der Waals surface area contributed by atoms with Crippen LogP contribution in [0.1, 0.15) is 6.92 Å². The lowest BCUT2D eigenvalue weighted by molar-refractivity contribution is -0.119. The number of ether oxygens (including phenoxy) is 1. The summed E-state index contributed by atoms with van der Waals surface area (Å²) in [5.41, 5.74) is 0. The molecule has 0 heterocycles. The molecule has 0 aliphatic rings. The maximum absolute atomic E-state index is 13.4. The number of benzene rings is 1. The van der Waals surface area contributed by atoms with Crippen LogP contribution in [0.3, 0.4) is 0 Å². The van der Waals surface area contributed by atoms with Gasteiger partial charge < -0.3 is 10.1 Å². The van der Waals surface area contributed by atoms with Crippen molar-refractivity contribution in [3.05, 3.63) is 29.8 Å². The highest BCUT2D eigenvalue weighted by molar-refractivity contribution is 7.92. The first-order chi connectivity index (χ1) is 9.26. The van der Waals surface area contributed by atoms with E-state index in [1.54, 1.807) is 6.92 Å². The van der Waals surface area contributed by atoms with E-state index in [0.29, 0.717) is 12.1 Å². The van der Waals surface area contributed by atoms with E-state index in [4.69, 9.17) is 4.74 Å². The Morgan fingerprint density at radius 1 is 1.40 bits per heavy atom. The molecule has 0 spiro atoms. The second-order valence-electron chi connectivity index (χ2n) is 4.26. The molecular formula is C12H15F2NO4S. The Labute approximate surface area is 115 Å². The normalized spacial score (nSPS) is 13.0. The van der Waals surface area contributed by atoms with E-state index in [2.05, 4.69) is 5.32 Å². The van der Waals surface area contributed by atoms with E-state index in [1.807, 2.05) is 0 Å². The van der Waals surface area contributed by atoms with E-state index in [1.165, 1.54) is 7.11 Å². The van der Waals surface area contributed by atoms with Crippen LogP contribution in [-0.4, -0.2) is 39.8 Å². The third kappa shape index (κ3) is 4.53. The van der Waals surface area contributed by atoms with E-state index >= 15 is 0 Å². The van der Waals surface area contributed by atoms with Crippen LogP contribution < -0.4 is 5.32 Å². The lowest BCUT2D eigenvalue weighted by Gasteiger charge is -2.13. The minimum atomic E-state index is -4.24. The molecule has 1 amide bonds. The predicted molar refractivity (Wildman–Crippen MR) is 67.9 cm³/mol. The van der Waals surface area contributed by atoms with Crippen molar-refractivity contribution in [2.24, 2.45) is 0 Å². The molecule has 0 bridgehead atoms. The maximum atomic E-state index is 13.4. The number of carbonyl (C=O) groups is 1. The zero-order valence-electron chi connectivity index (χ0n) is 11.0. The molecule has 1 atom stereocenters. The fourth-order valence-corrected chi connectivity index (χ4v) is 2.82. The molecule has 0 aliphatic heterocycles. The van der Waals surface area contributed by atoms with Crippen molar-refractivity contribution in [2.45, 2.75) is 17.9 Å². The Morgan fingerprint density at radius 2 is 2.05 bits per heavy atom. The van der Waals surface area contributed by atoms with Gasteiger partial charge in [0.2, 0.25) is 5.91 Å². The van der Waals surface area contributed by atoms with Gasteiger partial charge in [0.05, 0.1) is 6.61 Å². The summed E-state index contributed by atoms with van der Waals surface area (Å²) in [5.74, 6) is -3.75. The fraction of sp³-hybridized carbons (Fsp3) is 0.417. The molecule has 1 unspecified atom stereocenters. The van der Waals surface area contributed by atoms with Gasteiger partial charge in [0.15, 0.2) is 9.84 Å². The molecule has 0 saturated heterocycles. The standard InChI is InChI=1S/C12H15F2NO4S/c1-8(6-19-2)15-12(16)7-20(17,18)11-5-9(13)3-4-10(11)14/h3-5,8H,6-7H2,1-2H3,(H,15,16). The zero-order chi connectivity index (χ0) is 15.3. The smallest absolute Gasteiger partial charge is 0.235 e. The summed E-state index contributed by atoms with van der Waals surface area (Å²) >= 11 is 0. The molecule has 1 aromatic rings. The number of hydrogen-bond acceptors (Lipinski definition) is 4. The minimum Gasteiger partial charge on any atom is -0.383 e. The molecule has 0 fully saturated rings. The summed E-state index contributed by atoms with van der Waals surface area (Å²) in [6.45, 7) is 1.83. The van der Waals surface area contributed by atoms with Crippen LogP contribution in [0.4, 0.5) is 8.78 Å². The van der Waals surface area contributed by atoms with Gasteiger partial charge in [-0.05, 0) is 25.1 Å². The lowest BCUT2D eigenvalue weighted by atomic mass is 10.3. The molecule has 0 saturated carbocycles. The Morgan fingerprint density at radius 3 is 2.65 bits per heavy atom. The molecular weight excluding hydrogens is 292 g/mol. The fourth-order valence-electron chi connectivity index (χ4n) is 1.57. The van der Waals surface area contributed by atoms with Gasteiger partial charge in [0.1, 0.15) is 22.3 Å². The largest absolute Gasteiger partial charge is 0.383 e. The molecule has 112 valence electrons. The number of carbonyl (C=O) groups excluding carboxylic acids is 1. The highest BCUT2D eigenvalue weighted by atomic mass is 32.2. The van der Waals surface area contributed by atoms with E-state index < -0.39 is 38.0 Å². The SMILES string of the molecule is COCC(C)NC(=O)CS(=O)(=O)c1cc(F)ccc1F. The van der Waals surface area contributed by atoms with Gasteiger partial charge in [-0.1, -0.05) is 0 Å². The molecule has 0 aromatic heterocycles. The van der Waals surface area contributed by atoms with Crippen LogP contribution in [0, 0.1) is 11.6 Å². The first-order valence-corrected chi connectivity index (χ1v) is 7.37. The highest BCUT2D eigenvalue weighted by Crippen LogP contribution is 2.17. The first-order valence-electron chi connectivity index (χ1n) is 5.72. The van der Waals surface area contributed by atoms with Crippen molar-refractivity contribution in [3.63, 3.8) is 0 Å². The number of halogens is 2. The zero-order valence-corrected chi connectivity index (χ0v) is 11.8. The average Bonchev–Trinajstić information content (AvgIpc) is 2.31. The minimum absolute atomic E-state index is 0.208. The second kappa shape index (κ2) is 6.76. The summed E-state index contributed by atoms with van der Waals surface area (Å²) in [4.78, 5) is 10.7. The molecule has 0 aliphatic carbocycles. The maximum Gasteiger partial charge on any atom is 0.235 e. The topological polar surface area (TPSA) is 72.5 Å². The molecule has 1 N–H and O–H groups in total. The van der Waals surface area contributed by atoms with Crippen molar-refractivity contribution >= 4 is 15.7 Å². The monoisotopic (exact) mass is 307 g/mol. The van der Waals surface area contributed by atoms with Crippen molar-refractivity contribution in [3.8, 4) is 0 Å². The van der Waals surface area contributed by atoms with Gasteiger partial charge in [-0.15, -0.1) is 0 Å². The van der Waals surface area contributed by atoms with Crippen molar-refractivity contribution in [1.29, 1.82) is 0 Å². The third-order valence-corrected chi connectivity index (χ3v) is 4.00. The summed E-state index contributed by atoms with van der Waals surface area (Å²) in [6.07, 6.45) is 0. The molecule has 5 nitrogen and oxygen atoms in total. The van der Waals surface area contributed by atoms with Crippen LogP contribution in [0.15, 0.2) is 23.1 Å². The molecule has 0 radical (unpaired) electrons. The van der Waals surface area contributed by atoms with Crippen molar-refractivity contribution < 1.29 is 26.7 Å². The number of nitrogens with one attached hydrogen (secondary N) is 1. The van der Waals surface area contributed by atoms with Gasteiger partial charge in [-0.25, -0.2) is 17.2 Å². The van der Waals surface area contributed by atoms with Crippen LogP contribution in [0.5, 0.6) is 0 Å². The van der Waals surface area contributed by atoms with E-state index in [9.17, 15) is 22.0 Å². The molecule has 8 heteroatoms. The van der Waals surface area contributed by atoms with Gasteiger partial charge in [-0.2, -0.15) is 0 Å². The van der Waals surface area contributed by atoms with Crippen molar-refractivity contribution in [2.75, 3.05) is 19.5 Å². The second-order valence-corrected chi connectivity index (χ2v) is 6.22. The van der Waals surface area contributed by atoms with Gasteiger partial charge in [0, 0.05) is 13.2 Å². The third-order valence-electron chi connectivity index (χ3n) is 2.37. The van der Waals surface area contributed by atoms with E-state index in [0.717, 1.165) is 6.07 Å². The quantitative estimate of drug-likeness (QED) is 0.847. The Balaban J connectivity index is 2.85. The number of hydrogen-bond donors (Lipinski definition) is 1. The van der Waals surface area contributed by atoms with Crippen LogP contribution in [0.2, 0.25) is 0 Å². The number of sulfone groups is 1. The van der Waals surface area contributed by atoms with Gasteiger partial charge in [-0.3, -0.25) is 4.79 Å². The Kier molecular flexibility index (Phi) is 5.58. The van der Waals surface area contributed by atoms with Crippen LogP contribution in [-0.2, 0) is 19.4 Å². The summed E-state index contributed by atoms with van der Waals surface area (Å²) in [5, 5.41) is 2.38. The van der Waals surface area contributed by atoms with Crippen LogP contribution in [0.25, 0.3) is 0 Å². The Bertz CT molecular complexity index is 589. The van der Waals surface area contributed by atoms with Crippen LogP contribution >= 0.6 is 0 Å².